The monoisotopic (exact) mass is 248 g/mol. The van der Waals surface area contributed by atoms with Gasteiger partial charge >= 0.3 is 0 Å². The second-order valence-electron chi connectivity index (χ2n) is 3.95. The molecule has 18 heavy (non-hydrogen) atoms. The van der Waals surface area contributed by atoms with Crippen LogP contribution in [0.15, 0.2) is 0 Å². The molecule has 0 heterocycles. The summed E-state index contributed by atoms with van der Waals surface area (Å²) < 4.78 is 0. The third-order valence-corrected chi connectivity index (χ3v) is 2.19. The number of carbonyl (C=O) groups is 2. The predicted octanol–water partition coefficient (Wildman–Crippen LogP) is 1.08. The maximum Gasteiger partial charge on any atom is 0.217 e. The molecular formula is C14H20N2O2. The molecule has 0 saturated heterocycles. The van der Waals surface area contributed by atoms with Crippen LogP contribution in [0.4, 0.5) is 0 Å². The van der Waals surface area contributed by atoms with Gasteiger partial charge in [-0.3, -0.25) is 9.59 Å². The molecule has 2 amide bonds. The van der Waals surface area contributed by atoms with Crippen molar-refractivity contribution < 1.29 is 9.59 Å². The summed E-state index contributed by atoms with van der Waals surface area (Å²) in [6.07, 6.45) is 5.63. The molecule has 0 aromatic rings. The largest absolute Gasteiger partial charge is 0.370 e. The van der Waals surface area contributed by atoms with E-state index < -0.39 is 0 Å². The van der Waals surface area contributed by atoms with Gasteiger partial charge in [0.15, 0.2) is 0 Å². The van der Waals surface area contributed by atoms with Gasteiger partial charge in [-0.05, 0) is 37.5 Å². The van der Waals surface area contributed by atoms with Crippen molar-refractivity contribution in [1.29, 1.82) is 0 Å². The third-order valence-electron chi connectivity index (χ3n) is 2.19. The Morgan fingerprint density at radius 1 is 0.722 bits per heavy atom. The summed E-state index contributed by atoms with van der Waals surface area (Å²) >= 11 is 0. The van der Waals surface area contributed by atoms with E-state index in [0.717, 1.165) is 38.5 Å². The van der Waals surface area contributed by atoms with Crippen molar-refractivity contribution in [3.8, 4) is 23.7 Å². The number of amides is 2. The van der Waals surface area contributed by atoms with Crippen LogP contribution in [0.5, 0.6) is 0 Å². The molecule has 0 aliphatic heterocycles. The fourth-order valence-electron chi connectivity index (χ4n) is 1.24. The van der Waals surface area contributed by atoms with Crippen LogP contribution in [0, 0.1) is 23.7 Å². The molecule has 0 aromatic heterocycles. The first-order valence-corrected chi connectivity index (χ1v) is 6.15. The minimum atomic E-state index is -0.265. The van der Waals surface area contributed by atoms with E-state index >= 15 is 0 Å². The van der Waals surface area contributed by atoms with Crippen LogP contribution in [-0.2, 0) is 9.59 Å². The Morgan fingerprint density at radius 2 is 1.11 bits per heavy atom. The van der Waals surface area contributed by atoms with Crippen molar-refractivity contribution in [1.82, 2.24) is 0 Å². The Balaban J connectivity index is 3.42. The highest BCUT2D eigenvalue weighted by Crippen LogP contribution is 1.98. The molecule has 0 aliphatic carbocycles. The first kappa shape index (κ1) is 16.1. The van der Waals surface area contributed by atoms with Gasteiger partial charge in [0.05, 0.1) is 0 Å². The van der Waals surface area contributed by atoms with Gasteiger partial charge in [0, 0.05) is 25.7 Å². The van der Waals surface area contributed by atoms with Gasteiger partial charge in [-0.15, -0.1) is 0 Å². The molecule has 0 unspecified atom stereocenters. The first-order valence-electron chi connectivity index (χ1n) is 6.15. The molecule has 98 valence electrons. The van der Waals surface area contributed by atoms with Gasteiger partial charge in [-0.1, -0.05) is 11.8 Å². The quantitative estimate of drug-likeness (QED) is 0.497. The lowest BCUT2D eigenvalue weighted by molar-refractivity contribution is -0.119. The van der Waals surface area contributed by atoms with Crippen molar-refractivity contribution >= 4 is 11.8 Å². The Kier molecular flexibility index (Phi) is 10.3. The third kappa shape index (κ3) is 14.1. The van der Waals surface area contributed by atoms with E-state index in [-0.39, 0.29) is 11.8 Å². The van der Waals surface area contributed by atoms with Crippen molar-refractivity contribution in [2.75, 3.05) is 0 Å². The molecule has 4 N–H and O–H groups in total. The molecule has 0 aromatic carbocycles. The summed E-state index contributed by atoms with van der Waals surface area (Å²) in [6.45, 7) is 0. The number of hydrogen-bond acceptors (Lipinski definition) is 2. The Morgan fingerprint density at radius 3 is 1.44 bits per heavy atom. The molecule has 0 bridgehead atoms. The number of carbonyl (C=O) groups excluding carboxylic acids is 2. The number of nitrogens with two attached hydrogens (primary N) is 2. The van der Waals surface area contributed by atoms with Gasteiger partial charge < -0.3 is 11.5 Å². The lowest BCUT2D eigenvalue weighted by Gasteiger charge is -1.91. The normalized spacial score (nSPS) is 8.67. The summed E-state index contributed by atoms with van der Waals surface area (Å²) in [5.74, 6) is 10.8. The van der Waals surface area contributed by atoms with Crippen molar-refractivity contribution in [3.05, 3.63) is 0 Å². The minimum absolute atomic E-state index is 0.265. The van der Waals surface area contributed by atoms with Crippen molar-refractivity contribution in [2.45, 2.75) is 51.4 Å². The SMILES string of the molecule is NC(=O)CCCCC#CC#CCCCCC(N)=O. The van der Waals surface area contributed by atoms with E-state index in [0.29, 0.717) is 12.8 Å². The maximum atomic E-state index is 10.4. The minimum Gasteiger partial charge on any atom is -0.370 e. The van der Waals surface area contributed by atoms with Crippen LogP contribution in [0.3, 0.4) is 0 Å². The molecule has 0 atom stereocenters. The summed E-state index contributed by atoms with van der Waals surface area (Å²) in [7, 11) is 0. The molecule has 0 fully saturated rings. The van der Waals surface area contributed by atoms with Gasteiger partial charge in [-0.25, -0.2) is 0 Å². The van der Waals surface area contributed by atoms with E-state index in [2.05, 4.69) is 23.7 Å². The lowest BCUT2D eigenvalue weighted by Crippen LogP contribution is -2.09. The molecule has 0 rings (SSSR count). The fourth-order valence-corrected chi connectivity index (χ4v) is 1.24. The average molecular weight is 248 g/mol. The Labute approximate surface area is 108 Å². The highest BCUT2D eigenvalue weighted by Gasteiger charge is 1.92. The predicted molar refractivity (Wildman–Crippen MR) is 70.9 cm³/mol. The highest BCUT2D eigenvalue weighted by atomic mass is 16.1. The summed E-state index contributed by atoms with van der Waals surface area (Å²) in [5, 5.41) is 0. The topological polar surface area (TPSA) is 86.2 Å². The molecule has 0 saturated carbocycles. The number of unbranched alkanes of at least 4 members (excludes halogenated alkanes) is 4. The van der Waals surface area contributed by atoms with Crippen LogP contribution < -0.4 is 11.5 Å². The lowest BCUT2D eigenvalue weighted by atomic mass is 10.2. The zero-order valence-corrected chi connectivity index (χ0v) is 10.6. The van der Waals surface area contributed by atoms with Crippen LogP contribution in [0.1, 0.15) is 51.4 Å². The van der Waals surface area contributed by atoms with Crippen LogP contribution in [0.25, 0.3) is 0 Å². The van der Waals surface area contributed by atoms with E-state index in [1.54, 1.807) is 0 Å². The molecule has 0 aliphatic rings. The Hall–Kier alpha value is -1.94. The zero-order valence-electron chi connectivity index (χ0n) is 10.6. The molecule has 4 nitrogen and oxygen atoms in total. The van der Waals surface area contributed by atoms with Gasteiger partial charge in [0.2, 0.25) is 11.8 Å². The molecule has 4 heteroatoms. The number of primary amides is 2. The van der Waals surface area contributed by atoms with Gasteiger partial charge in [-0.2, -0.15) is 0 Å². The van der Waals surface area contributed by atoms with E-state index in [9.17, 15) is 9.59 Å². The number of rotatable bonds is 8. The number of hydrogen-bond donors (Lipinski definition) is 2. The van der Waals surface area contributed by atoms with Crippen LogP contribution in [-0.4, -0.2) is 11.8 Å². The summed E-state index contributed by atoms with van der Waals surface area (Å²) in [6, 6.07) is 0. The van der Waals surface area contributed by atoms with Crippen LogP contribution in [0.2, 0.25) is 0 Å². The van der Waals surface area contributed by atoms with Crippen molar-refractivity contribution in [3.63, 3.8) is 0 Å². The summed E-state index contributed by atoms with van der Waals surface area (Å²) in [4.78, 5) is 20.9. The van der Waals surface area contributed by atoms with E-state index in [4.69, 9.17) is 11.5 Å². The van der Waals surface area contributed by atoms with Gasteiger partial charge in [0.25, 0.3) is 0 Å². The highest BCUT2D eigenvalue weighted by molar-refractivity contribution is 5.73. The summed E-state index contributed by atoms with van der Waals surface area (Å²) in [5.41, 5.74) is 10.0. The first-order chi connectivity index (χ1) is 8.63. The van der Waals surface area contributed by atoms with Crippen LogP contribution >= 0.6 is 0 Å². The molecule has 0 spiro atoms. The Bertz CT molecular complexity index is 342. The standard InChI is InChI=1S/C14H20N2O2/c15-13(17)11-9-7-5-3-1-2-4-6-8-10-12-14(16)18/h5-12H2,(H2,15,17)(H2,16,18). The fraction of sp³-hybridized carbons (Fsp3) is 0.571. The zero-order chi connectivity index (χ0) is 13.6. The van der Waals surface area contributed by atoms with Crippen molar-refractivity contribution in [2.24, 2.45) is 11.5 Å². The molecule has 0 radical (unpaired) electrons. The van der Waals surface area contributed by atoms with E-state index in [1.807, 2.05) is 0 Å². The second kappa shape index (κ2) is 11.5. The maximum absolute atomic E-state index is 10.4. The second-order valence-corrected chi connectivity index (χ2v) is 3.95. The molecular weight excluding hydrogens is 228 g/mol. The van der Waals surface area contributed by atoms with Gasteiger partial charge in [0.1, 0.15) is 0 Å². The smallest absolute Gasteiger partial charge is 0.217 e. The van der Waals surface area contributed by atoms with E-state index in [1.165, 1.54) is 0 Å². The average Bonchev–Trinajstić information content (AvgIpc) is 2.29.